The number of carbonyl (C=O) groups excluding carboxylic acids is 1. The predicted octanol–water partition coefficient (Wildman–Crippen LogP) is 2.61. The lowest BCUT2D eigenvalue weighted by molar-refractivity contribution is -0.147. The van der Waals surface area contributed by atoms with Crippen LogP contribution in [-0.4, -0.2) is 11.6 Å². The smallest absolute Gasteiger partial charge is 0.385 e. The molecule has 0 unspecified atom stereocenters. The van der Waals surface area contributed by atoms with Crippen molar-refractivity contribution in [3.8, 4) is 11.8 Å². The van der Waals surface area contributed by atoms with Gasteiger partial charge in [0.2, 0.25) is 0 Å². The van der Waals surface area contributed by atoms with Gasteiger partial charge in [-0.05, 0) is 33.6 Å². The van der Waals surface area contributed by atoms with E-state index in [0.717, 1.165) is 18.4 Å². The third-order valence-electron chi connectivity index (χ3n) is 1.74. The minimum atomic E-state index is -0.466. The first-order valence-corrected chi connectivity index (χ1v) is 5.08. The van der Waals surface area contributed by atoms with Gasteiger partial charge in [0.1, 0.15) is 5.60 Å². The third kappa shape index (κ3) is 5.07. The van der Waals surface area contributed by atoms with Crippen molar-refractivity contribution in [1.29, 1.82) is 0 Å². The number of hydrogen-bond acceptors (Lipinski definition) is 2. The lowest BCUT2D eigenvalue weighted by Crippen LogP contribution is -2.22. The average molecular weight is 204 g/mol. The summed E-state index contributed by atoms with van der Waals surface area (Å²) in [4.78, 5) is 11.3. The molecule has 2 heteroatoms. The van der Waals surface area contributed by atoms with E-state index in [9.17, 15) is 4.79 Å². The molecule has 15 heavy (non-hydrogen) atoms. The van der Waals surface area contributed by atoms with Crippen molar-refractivity contribution < 1.29 is 9.53 Å². The molecule has 0 aromatic rings. The first kappa shape index (κ1) is 11.6. The van der Waals surface area contributed by atoms with E-state index in [1.165, 1.54) is 0 Å². The summed E-state index contributed by atoms with van der Waals surface area (Å²) >= 11 is 0. The number of ether oxygens (including phenoxy) is 1. The standard InChI is InChI=1S/C13H16O2/c1-13(2,3)15-12(14)10-9-11-7-5-4-6-8-11/h4-5,7H,6,8H2,1-3H3. The highest BCUT2D eigenvalue weighted by atomic mass is 16.6. The average Bonchev–Trinajstić information content (AvgIpc) is 2.14. The van der Waals surface area contributed by atoms with E-state index in [1.54, 1.807) is 0 Å². The highest BCUT2D eigenvalue weighted by Crippen LogP contribution is 2.10. The lowest BCUT2D eigenvalue weighted by atomic mass is 10.1. The molecule has 0 radical (unpaired) electrons. The summed E-state index contributed by atoms with van der Waals surface area (Å²) in [6.07, 6.45) is 7.88. The first-order chi connectivity index (χ1) is 6.97. The molecule has 0 saturated carbocycles. The molecule has 0 N–H and O–H groups in total. The first-order valence-electron chi connectivity index (χ1n) is 5.08. The Balaban J connectivity index is 2.54. The zero-order chi connectivity index (χ0) is 11.3. The molecular formula is C13H16O2. The highest BCUT2D eigenvalue weighted by Gasteiger charge is 2.14. The summed E-state index contributed by atoms with van der Waals surface area (Å²) in [7, 11) is 0. The van der Waals surface area contributed by atoms with Gasteiger partial charge in [0.05, 0.1) is 0 Å². The SMILES string of the molecule is CC(C)(C)OC(=O)C#CC1=CC=CCC1. The van der Waals surface area contributed by atoms with Gasteiger partial charge in [-0.25, -0.2) is 4.79 Å². The van der Waals surface area contributed by atoms with E-state index >= 15 is 0 Å². The van der Waals surface area contributed by atoms with Crippen LogP contribution in [0.3, 0.4) is 0 Å². The van der Waals surface area contributed by atoms with Crippen LogP contribution in [-0.2, 0) is 9.53 Å². The summed E-state index contributed by atoms with van der Waals surface area (Å²) in [5, 5.41) is 0. The van der Waals surface area contributed by atoms with Crippen molar-refractivity contribution in [3.05, 3.63) is 23.8 Å². The Morgan fingerprint density at radius 3 is 2.73 bits per heavy atom. The molecule has 0 atom stereocenters. The van der Waals surface area contributed by atoms with Gasteiger partial charge >= 0.3 is 5.97 Å². The molecule has 0 bridgehead atoms. The third-order valence-corrected chi connectivity index (χ3v) is 1.74. The van der Waals surface area contributed by atoms with E-state index in [-0.39, 0.29) is 0 Å². The van der Waals surface area contributed by atoms with Gasteiger partial charge in [-0.2, -0.15) is 0 Å². The Morgan fingerprint density at radius 1 is 1.47 bits per heavy atom. The zero-order valence-corrected chi connectivity index (χ0v) is 9.46. The Bertz CT molecular complexity index is 356. The fourth-order valence-corrected chi connectivity index (χ4v) is 1.14. The van der Waals surface area contributed by atoms with E-state index in [4.69, 9.17) is 4.74 Å². The number of carbonyl (C=O) groups is 1. The van der Waals surface area contributed by atoms with E-state index in [0.29, 0.717) is 0 Å². The minimum Gasteiger partial charge on any atom is -0.450 e. The second-order valence-electron chi connectivity index (χ2n) is 4.41. The molecule has 0 amide bonds. The van der Waals surface area contributed by atoms with Gasteiger partial charge < -0.3 is 4.74 Å². The number of esters is 1. The van der Waals surface area contributed by atoms with E-state index in [1.807, 2.05) is 32.9 Å². The molecule has 1 rings (SSSR count). The van der Waals surface area contributed by atoms with Crippen molar-refractivity contribution >= 4 is 5.97 Å². The van der Waals surface area contributed by atoms with E-state index < -0.39 is 11.6 Å². The molecule has 0 fully saturated rings. The van der Waals surface area contributed by atoms with Gasteiger partial charge in [0.15, 0.2) is 0 Å². The summed E-state index contributed by atoms with van der Waals surface area (Å²) in [6, 6.07) is 0. The fourth-order valence-electron chi connectivity index (χ4n) is 1.14. The maximum Gasteiger partial charge on any atom is 0.385 e. The summed E-state index contributed by atoms with van der Waals surface area (Å²) in [6.45, 7) is 5.49. The number of allylic oxidation sites excluding steroid dienone is 4. The maximum atomic E-state index is 11.3. The molecule has 2 nitrogen and oxygen atoms in total. The molecule has 0 aromatic heterocycles. The predicted molar refractivity (Wildman–Crippen MR) is 60.1 cm³/mol. The Morgan fingerprint density at radius 2 is 2.20 bits per heavy atom. The second kappa shape index (κ2) is 4.84. The van der Waals surface area contributed by atoms with Crippen molar-refractivity contribution in [1.82, 2.24) is 0 Å². The van der Waals surface area contributed by atoms with Crippen LogP contribution in [0.1, 0.15) is 33.6 Å². The summed E-state index contributed by atoms with van der Waals surface area (Å²) < 4.78 is 5.07. The highest BCUT2D eigenvalue weighted by molar-refractivity contribution is 5.89. The quantitative estimate of drug-likeness (QED) is 0.344. The minimum absolute atomic E-state index is 0.460. The van der Waals surface area contributed by atoms with Crippen LogP contribution in [0.25, 0.3) is 0 Å². The fraction of sp³-hybridized carbons (Fsp3) is 0.462. The normalized spacial score (nSPS) is 15.0. The number of hydrogen-bond donors (Lipinski definition) is 0. The topological polar surface area (TPSA) is 26.3 Å². The molecule has 0 saturated heterocycles. The van der Waals surface area contributed by atoms with Crippen LogP contribution in [0, 0.1) is 11.8 Å². The molecule has 1 aliphatic rings. The van der Waals surface area contributed by atoms with Gasteiger partial charge in [0.25, 0.3) is 0 Å². The molecule has 0 spiro atoms. The summed E-state index contributed by atoms with van der Waals surface area (Å²) in [5.74, 6) is 4.86. The van der Waals surface area contributed by atoms with Crippen LogP contribution in [0.15, 0.2) is 23.8 Å². The molecule has 0 aromatic carbocycles. The Kier molecular flexibility index (Phi) is 3.74. The molecule has 0 aliphatic heterocycles. The van der Waals surface area contributed by atoms with Crippen molar-refractivity contribution in [2.24, 2.45) is 0 Å². The van der Waals surface area contributed by atoms with Crippen molar-refractivity contribution in [2.75, 3.05) is 0 Å². The second-order valence-corrected chi connectivity index (χ2v) is 4.41. The Labute approximate surface area is 91.0 Å². The van der Waals surface area contributed by atoms with Gasteiger partial charge in [-0.1, -0.05) is 24.1 Å². The molecule has 80 valence electrons. The van der Waals surface area contributed by atoms with Crippen LogP contribution < -0.4 is 0 Å². The van der Waals surface area contributed by atoms with Crippen molar-refractivity contribution in [3.63, 3.8) is 0 Å². The van der Waals surface area contributed by atoms with Gasteiger partial charge in [-0.15, -0.1) is 0 Å². The zero-order valence-electron chi connectivity index (χ0n) is 9.46. The maximum absolute atomic E-state index is 11.3. The number of rotatable bonds is 0. The molecular weight excluding hydrogens is 188 g/mol. The van der Waals surface area contributed by atoms with Crippen LogP contribution >= 0.6 is 0 Å². The molecule has 0 heterocycles. The molecule has 1 aliphatic carbocycles. The van der Waals surface area contributed by atoms with Gasteiger partial charge in [-0.3, -0.25) is 0 Å². The lowest BCUT2D eigenvalue weighted by Gasteiger charge is -2.16. The Hall–Kier alpha value is -1.49. The van der Waals surface area contributed by atoms with Crippen LogP contribution in [0.4, 0.5) is 0 Å². The largest absolute Gasteiger partial charge is 0.450 e. The summed E-state index contributed by atoms with van der Waals surface area (Å²) in [5.41, 5.74) is 0.524. The van der Waals surface area contributed by atoms with Crippen LogP contribution in [0.2, 0.25) is 0 Å². The monoisotopic (exact) mass is 204 g/mol. The van der Waals surface area contributed by atoms with E-state index in [2.05, 4.69) is 17.9 Å². The van der Waals surface area contributed by atoms with Crippen LogP contribution in [0.5, 0.6) is 0 Å². The van der Waals surface area contributed by atoms with Crippen molar-refractivity contribution in [2.45, 2.75) is 39.2 Å². The van der Waals surface area contributed by atoms with Gasteiger partial charge in [0, 0.05) is 11.5 Å².